The number of aromatic nitrogens is 2. The second kappa shape index (κ2) is 6.28. The topological polar surface area (TPSA) is 64.2 Å². The second-order valence-corrected chi connectivity index (χ2v) is 5.62. The zero-order chi connectivity index (χ0) is 15.6. The first-order valence-corrected chi connectivity index (χ1v) is 7.05. The number of halogens is 1. The van der Waals surface area contributed by atoms with Crippen LogP contribution in [-0.4, -0.2) is 41.1 Å². The van der Waals surface area contributed by atoms with Crippen LogP contribution in [0.15, 0.2) is 24.4 Å². The van der Waals surface area contributed by atoms with E-state index in [0.29, 0.717) is 28.5 Å². The summed E-state index contributed by atoms with van der Waals surface area (Å²) in [7, 11) is 3.93. The molecule has 0 fully saturated rings. The van der Waals surface area contributed by atoms with Crippen LogP contribution in [0.3, 0.4) is 0 Å². The lowest BCUT2D eigenvalue weighted by Gasteiger charge is -2.13. The van der Waals surface area contributed by atoms with Gasteiger partial charge in [-0.15, -0.1) is 0 Å². The van der Waals surface area contributed by atoms with E-state index in [2.05, 4.69) is 5.10 Å². The predicted molar refractivity (Wildman–Crippen MR) is 84.8 cm³/mol. The van der Waals surface area contributed by atoms with Crippen molar-refractivity contribution in [1.82, 2.24) is 14.7 Å². The Bertz CT molecular complexity index is 664. The lowest BCUT2D eigenvalue weighted by molar-refractivity contribution is 0.102. The van der Waals surface area contributed by atoms with Crippen molar-refractivity contribution in [2.45, 2.75) is 13.5 Å². The molecule has 0 atom stereocenters. The van der Waals surface area contributed by atoms with Gasteiger partial charge in [0, 0.05) is 17.8 Å². The third-order valence-electron chi connectivity index (χ3n) is 3.39. The number of nitrogens with two attached hydrogens (primary N) is 1. The number of ketones is 1. The molecular weight excluding hydrogens is 288 g/mol. The Hall–Kier alpha value is -1.85. The van der Waals surface area contributed by atoms with Crippen LogP contribution in [0.4, 0.5) is 5.69 Å². The summed E-state index contributed by atoms with van der Waals surface area (Å²) in [5, 5.41) is 4.55. The van der Waals surface area contributed by atoms with E-state index in [4.69, 9.17) is 17.3 Å². The first-order chi connectivity index (χ1) is 9.91. The molecule has 21 heavy (non-hydrogen) atoms. The summed E-state index contributed by atoms with van der Waals surface area (Å²) in [5.74, 6) is -0.152. The highest BCUT2D eigenvalue weighted by molar-refractivity contribution is 6.34. The molecular formula is C15H19ClN4O. The number of nitrogen functional groups attached to an aromatic ring is 1. The van der Waals surface area contributed by atoms with Crippen LogP contribution in [0.2, 0.25) is 5.02 Å². The fourth-order valence-electron chi connectivity index (χ4n) is 2.08. The third kappa shape index (κ3) is 3.25. The van der Waals surface area contributed by atoms with Crippen LogP contribution < -0.4 is 5.73 Å². The summed E-state index contributed by atoms with van der Waals surface area (Å²) < 4.78 is 1.65. The number of benzene rings is 1. The van der Waals surface area contributed by atoms with E-state index in [1.54, 1.807) is 22.9 Å². The molecule has 1 aromatic carbocycles. The van der Waals surface area contributed by atoms with E-state index < -0.39 is 0 Å². The standard InChI is InChI=1S/C15H19ClN4O/c1-10-11(5-4-6-13(10)17)15(21)14-12(16)9-18-20(14)8-7-19(2)3/h4-6,9H,7-8,17H2,1-3H3. The Morgan fingerprint density at radius 3 is 2.81 bits per heavy atom. The maximum Gasteiger partial charge on any atom is 0.212 e. The van der Waals surface area contributed by atoms with Crippen molar-refractivity contribution in [3.05, 3.63) is 46.2 Å². The molecule has 0 aliphatic heterocycles. The number of nitrogens with zero attached hydrogens (tertiary/aromatic N) is 3. The summed E-state index contributed by atoms with van der Waals surface area (Å²) >= 11 is 6.15. The molecule has 2 N–H and O–H groups in total. The van der Waals surface area contributed by atoms with Gasteiger partial charge in [0.05, 0.1) is 17.8 Å². The van der Waals surface area contributed by atoms with Gasteiger partial charge in [-0.2, -0.15) is 5.10 Å². The third-order valence-corrected chi connectivity index (χ3v) is 3.67. The summed E-state index contributed by atoms with van der Waals surface area (Å²) in [5.41, 5.74) is 8.20. The number of carbonyl (C=O) groups is 1. The monoisotopic (exact) mass is 306 g/mol. The van der Waals surface area contributed by atoms with Crippen LogP contribution in [0.1, 0.15) is 21.6 Å². The molecule has 2 aromatic rings. The van der Waals surface area contributed by atoms with Crippen molar-refractivity contribution in [1.29, 1.82) is 0 Å². The van der Waals surface area contributed by atoms with E-state index in [1.165, 1.54) is 6.20 Å². The van der Waals surface area contributed by atoms with E-state index in [-0.39, 0.29) is 5.78 Å². The van der Waals surface area contributed by atoms with Gasteiger partial charge in [-0.3, -0.25) is 9.48 Å². The Kier molecular flexibility index (Phi) is 4.65. The highest BCUT2D eigenvalue weighted by atomic mass is 35.5. The molecule has 1 heterocycles. The van der Waals surface area contributed by atoms with E-state index >= 15 is 0 Å². The second-order valence-electron chi connectivity index (χ2n) is 5.22. The molecule has 5 nitrogen and oxygen atoms in total. The number of likely N-dealkylation sites (N-methyl/N-ethyl adjacent to an activating group) is 1. The van der Waals surface area contributed by atoms with Crippen LogP contribution in [-0.2, 0) is 6.54 Å². The number of hydrogen-bond acceptors (Lipinski definition) is 4. The maximum atomic E-state index is 12.8. The summed E-state index contributed by atoms with van der Waals surface area (Å²) in [4.78, 5) is 14.8. The largest absolute Gasteiger partial charge is 0.398 e. The minimum atomic E-state index is -0.152. The van der Waals surface area contributed by atoms with Crippen molar-refractivity contribution in [2.24, 2.45) is 0 Å². The molecule has 0 radical (unpaired) electrons. The first-order valence-electron chi connectivity index (χ1n) is 6.67. The Labute approximate surface area is 129 Å². The fourth-order valence-corrected chi connectivity index (χ4v) is 2.31. The van der Waals surface area contributed by atoms with Gasteiger partial charge in [0.1, 0.15) is 5.69 Å². The van der Waals surface area contributed by atoms with E-state index in [1.807, 2.05) is 25.9 Å². The summed E-state index contributed by atoms with van der Waals surface area (Å²) in [6.45, 7) is 3.20. The van der Waals surface area contributed by atoms with Gasteiger partial charge >= 0.3 is 0 Å². The van der Waals surface area contributed by atoms with Crippen molar-refractivity contribution < 1.29 is 4.79 Å². The molecule has 0 aliphatic carbocycles. The maximum absolute atomic E-state index is 12.8. The number of carbonyl (C=O) groups excluding carboxylic acids is 1. The molecule has 6 heteroatoms. The highest BCUT2D eigenvalue weighted by Crippen LogP contribution is 2.23. The van der Waals surface area contributed by atoms with Gasteiger partial charge in [-0.05, 0) is 32.6 Å². The average Bonchev–Trinajstić information content (AvgIpc) is 2.80. The zero-order valence-corrected chi connectivity index (χ0v) is 13.2. The van der Waals surface area contributed by atoms with Gasteiger partial charge < -0.3 is 10.6 Å². The Balaban J connectivity index is 2.39. The quantitative estimate of drug-likeness (QED) is 0.679. The molecule has 2 rings (SSSR count). The smallest absolute Gasteiger partial charge is 0.212 e. The Morgan fingerprint density at radius 2 is 2.14 bits per heavy atom. The van der Waals surface area contributed by atoms with Crippen LogP contribution in [0.25, 0.3) is 0 Å². The molecule has 0 saturated heterocycles. The lowest BCUT2D eigenvalue weighted by atomic mass is 10.0. The van der Waals surface area contributed by atoms with Crippen LogP contribution >= 0.6 is 11.6 Å². The minimum Gasteiger partial charge on any atom is -0.398 e. The first kappa shape index (κ1) is 15.5. The number of hydrogen-bond donors (Lipinski definition) is 1. The molecule has 0 aliphatic rings. The average molecular weight is 307 g/mol. The van der Waals surface area contributed by atoms with Crippen molar-refractivity contribution in [3.63, 3.8) is 0 Å². The minimum absolute atomic E-state index is 0.152. The molecule has 0 spiro atoms. The molecule has 0 unspecified atom stereocenters. The van der Waals surface area contributed by atoms with Crippen molar-refractivity contribution in [2.75, 3.05) is 26.4 Å². The molecule has 0 saturated carbocycles. The van der Waals surface area contributed by atoms with Crippen molar-refractivity contribution in [3.8, 4) is 0 Å². The summed E-state index contributed by atoms with van der Waals surface area (Å²) in [6, 6.07) is 5.30. The SMILES string of the molecule is Cc1c(N)cccc1C(=O)c1c(Cl)cnn1CCN(C)C. The highest BCUT2D eigenvalue weighted by Gasteiger charge is 2.21. The normalized spacial score (nSPS) is 11.1. The lowest BCUT2D eigenvalue weighted by Crippen LogP contribution is -2.22. The molecule has 0 amide bonds. The Morgan fingerprint density at radius 1 is 1.43 bits per heavy atom. The van der Waals surface area contributed by atoms with E-state index in [9.17, 15) is 4.79 Å². The van der Waals surface area contributed by atoms with Gasteiger partial charge in [0.2, 0.25) is 5.78 Å². The number of rotatable bonds is 5. The zero-order valence-electron chi connectivity index (χ0n) is 12.4. The van der Waals surface area contributed by atoms with E-state index in [0.717, 1.165) is 12.1 Å². The number of anilines is 1. The van der Waals surface area contributed by atoms with Gasteiger partial charge in [-0.25, -0.2) is 0 Å². The van der Waals surface area contributed by atoms with Crippen molar-refractivity contribution >= 4 is 23.1 Å². The predicted octanol–water partition coefficient (Wildman–Crippen LogP) is 2.22. The molecule has 1 aromatic heterocycles. The van der Waals surface area contributed by atoms with Gasteiger partial charge in [0.15, 0.2) is 0 Å². The van der Waals surface area contributed by atoms with Crippen LogP contribution in [0, 0.1) is 6.92 Å². The summed E-state index contributed by atoms with van der Waals surface area (Å²) in [6.07, 6.45) is 1.51. The molecule has 0 bridgehead atoms. The van der Waals surface area contributed by atoms with Gasteiger partial charge in [0.25, 0.3) is 0 Å². The van der Waals surface area contributed by atoms with Gasteiger partial charge in [-0.1, -0.05) is 23.7 Å². The van der Waals surface area contributed by atoms with Crippen LogP contribution in [0.5, 0.6) is 0 Å². The fraction of sp³-hybridized carbons (Fsp3) is 0.333. The molecule has 112 valence electrons.